The molecule has 0 aliphatic carbocycles. The third kappa shape index (κ3) is 14.6. The van der Waals surface area contributed by atoms with Crippen molar-refractivity contribution >= 4 is 27.4 Å². The molecule has 0 atom stereocenters. The second-order valence-electron chi connectivity index (χ2n) is 13.4. The lowest BCUT2D eigenvalue weighted by Crippen LogP contribution is -2.18. The van der Waals surface area contributed by atoms with Crippen LogP contribution < -0.4 is 4.74 Å². The zero-order chi connectivity index (χ0) is 38.6. The van der Waals surface area contributed by atoms with Crippen molar-refractivity contribution in [2.24, 2.45) is 0 Å². The number of ketones is 2. The number of methoxy groups -OCH3 is 1. The maximum Gasteiger partial charge on any atom is 0.350 e. The van der Waals surface area contributed by atoms with Crippen molar-refractivity contribution in [1.82, 2.24) is 4.90 Å². The van der Waals surface area contributed by atoms with Crippen LogP contribution in [0, 0.1) is 0 Å². The molecule has 3 aromatic carbocycles. The Morgan fingerprint density at radius 3 is 1.79 bits per heavy atom. The molecule has 9 heteroatoms. The minimum absolute atomic E-state index is 0.0422. The van der Waals surface area contributed by atoms with Gasteiger partial charge in [0.1, 0.15) is 5.75 Å². The molecular formula is C43H57NO7S. The fourth-order valence-electron chi connectivity index (χ4n) is 5.08. The smallest absolute Gasteiger partial charge is 0.350 e. The van der Waals surface area contributed by atoms with E-state index in [1.807, 2.05) is 30.9 Å². The van der Waals surface area contributed by atoms with Crippen molar-refractivity contribution in [2.75, 3.05) is 26.8 Å². The minimum Gasteiger partial charge on any atom is -0.497 e. The van der Waals surface area contributed by atoms with E-state index in [9.17, 15) is 22.8 Å². The van der Waals surface area contributed by atoms with Gasteiger partial charge in [-0.1, -0.05) is 102 Å². The lowest BCUT2D eigenvalue weighted by atomic mass is 9.86. The molecule has 0 aliphatic heterocycles. The molecule has 0 saturated carbocycles. The topological polar surface area (TPSA) is 107 Å². The summed E-state index contributed by atoms with van der Waals surface area (Å²) in [6, 6.07) is 22.3. The summed E-state index contributed by atoms with van der Waals surface area (Å²) in [5.41, 5.74) is 2.29. The van der Waals surface area contributed by atoms with Crippen LogP contribution in [0.25, 0.3) is 0 Å². The summed E-state index contributed by atoms with van der Waals surface area (Å²) in [6.45, 7) is 14.4. The highest BCUT2D eigenvalue weighted by Crippen LogP contribution is 2.23. The Morgan fingerprint density at radius 2 is 1.27 bits per heavy atom. The second kappa shape index (κ2) is 22.4. The molecule has 3 aromatic rings. The summed E-state index contributed by atoms with van der Waals surface area (Å²) < 4.78 is 36.3. The van der Waals surface area contributed by atoms with Gasteiger partial charge in [-0.25, -0.2) is 13.2 Å². The maximum absolute atomic E-state index is 13.0. The predicted octanol–water partition coefficient (Wildman–Crippen LogP) is 9.55. The molecule has 0 heterocycles. The van der Waals surface area contributed by atoms with Crippen molar-refractivity contribution in [2.45, 2.75) is 96.8 Å². The number of hydrogen-bond acceptors (Lipinski definition) is 8. The van der Waals surface area contributed by atoms with Crippen LogP contribution in [0.1, 0.15) is 113 Å². The van der Waals surface area contributed by atoms with Crippen molar-refractivity contribution in [3.63, 3.8) is 0 Å². The van der Waals surface area contributed by atoms with Crippen LogP contribution in [0.5, 0.6) is 5.75 Å². The van der Waals surface area contributed by atoms with Crippen LogP contribution in [0.4, 0.5) is 0 Å². The van der Waals surface area contributed by atoms with Gasteiger partial charge >= 0.3 is 5.97 Å². The maximum atomic E-state index is 13.0. The first kappa shape index (κ1) is 43.7. The number of ether oxygens (including phenoxy) is 2. The molecule has 0 unspecified atom stereocenters. The fourth-order valence-corrected chi connectivity index (χ4v) is 6.39. The highest BCUT2D eigenvalue weighted by atomic mass is 32.2. The predicted molar refractivity (Wildman–Crippen MR) is 210 cm³/mol. The van der Waals surface area contributed by atoms with Gasteiger partial charge in [-0.2, -0.15) is 0 Å². The molecule has 8 nitrogen and oxygen atoms in total. The van der Waals surface area contributed by atoms with Gasteiger partial charge in [0.25, 0.3) is 0 Å². The van der Waals surface area contributed by atoms with E-state index in [1.54, 1.807) is 74.0 Å². The van der Waals surface area contributed by atoms with Crippen LogP contribution in [0.2, 0.25) is 0 Å². The standard InChI is InChI=1S/C23H35NO4S.C20H22O3/c1-4-7-8-9-10-14-20-28-23(25)22(18-15-19-24(5-2)6-3)29(26,27)21-16-12-11-13-17-21;1-20(2,3)16-9-5-14(6-10-16)18(21)13-19(22)15-7-11-17(23-4)12-8-15/h11-13,15-19H,4-10,14,20H2,1-3H3;5-12H,13H2,1-4H3/b19-15+,22-18-;. The van der Waals surface area contributed by atoms with E-state index in [2.05, 4.69) is 27.7 Å². The Bertz CT molecular complexity index is 1700. The SMILES string of the molecule is CCCCCCCCOC(=O)/C(=C/C=C/N(CC)CC)S(=O)(=O)c1ccccc1.COc1ccc(C(=O)CC(=O)c2ccc(C(C)(C)C)cc2)cc1. The number of carbonyl (C=O) groups is 3. The second-order valence-corrected chi connectivity index (χ2v) is 15.3. The van der Waals surface area contributed by atoms with Crippen molar-refractivity contribution in [3.05, 3.63) is 119 Å². The molecule has 0 spiro atoms. The van der Waals surface area contributed by atoms with E-state index in [-0.39, 0.29) is 39.8 Å². The molecule has 0 radical (unpaired) electrons. The number of Topliss-reactive ketones (excluding diaryl/α,β-unsaturated/α-hetero) is 2. The lowest BCUT2D eigenvalue weighted by molar-refractivity contribution is -0.138. The van der Waals surface area contributed by atoms with Gasteiger partial charge in [0.15, 0.2) is 16.5 Å². The summed E-state index contributed by atoms with van der Waals surface area (Å²) in [5, 5.41) is 0. The van der Waals surface area contributed by atoms with Crippen molar-refractivity contribution in [1.29, 1.82) is 0 Å². The molecule has 0 amide bonds. The van der Waals surface area contributed by atoms with E-state index >= 15 is 0 Å². The number of hydrogen-bond donors (Lipinski definition) is 0. The number of nitrogens with zero attached hydrogens (tertiary/aromatic N) is 1. The monoisotopic (exact) mass is 731 g/mol. The number of sulfone groups is 1. The lowest BCUT2D eigenvalue weighted by Gasteiger charge is -2.18. The van der Waals surface area contributed by atoms with Gasteiger partial charge in [-0.05, 0) is 86.0 Å². The van der Waals surface area contributed by atoms with E-state index in [0.29, 0.717) is 16.9 Å². The molecule has 0 fully saturated rings. The normalized spacial score (nSPS) is 11.8. The molecule has 0 aromatic heterocycles. The highest BCUT2D eigenvalue weighted by Gasteiger charge is 2.27. The van der Waals surface area contributed by atoms with Gasteiger partial charge in [0, 0.05) is 24.2 Å². The minimum atomic E-state index is -3.95. The van der Waals surface area contributed by atoms with Crippen molar-refractivity contribution < 1.29 is 32.3 Å². The number of carbonyl (C=O) groups excluding carboxylic acids is 3. The molecule has 0 bridgehead atoms. The molecule has 3 rings (SSSR count). The first-order chi connectivity index (χ1) is 24.8. The molecular weight excluding hydrogens is 675 g/mol. The van der Waals surface area contributed by atoms with Crippen LogP contribution in [-0.2, 0) is 24.8 Å². The zero-order valence-electron chi connectivity index (χ0n) is 32.0. The molecule has 0 N–H and O–H groups in total. The first-order valence-corrected chi connectivity index (χ1v) is 19.7. The van der Waals surface area contributed by atoms with Gasteiger partial charge in [-0.3, -0.25) is 9.59 Å². The largest absolute Gasteiger partial charge is 0.497 e. The Kier molecular flexibility index (Phi) is 18.8. The average Bonchev–Trinajstić information content (AvgIpc) is 3.14. The van der Waals surface area contributed by atoms with Crippen molar-refractivity contribution in [3.8, 4) is 5.75 Å². The summed E-state index contributed by atoms with van der Waals surface area (Å²) >= 11 is 0. The van der Waals surface area contributed by atoms with E-state index < -0.39 is 15.8 Å². The number of allylic oxidation sites excluding steroid dienone is 2. The van der Waals surface area contributed by atoms with Gasteiger partial charge in [-0.15, -0.1) is 0 Å². The number of esters is 1. The van der Waals surface area contributed by atoms with Gasteiger partial charge in [0.05, 0.1) is 25.0 Å². The molecule has 282 valence electrons. The van der Waals surface area contributed by atoms with E-state index in [4.69, 9.17) is 9.47 Å². The molecule has 52 heavy (non-hydrogen) atoms. The summed E-state index contributed by atoms with van der Waals surface area (Å²) in [6.07, 6.45) is 11.0. The summed E-state index contributed by atoms with van der Waals surface area (Å²) in [4.78, 5) is 38.8. The van der Waals surface area contributed by atoms with Crippen LogP contribution >= 0.6 is 0 Å². The number of benzene rings is 3. The number of rotatable bonds is 19. The van der Waals surface area contributed by atoms with E-state index in [0.717, 1.165) is 37.9 Å². The third-order valence-electron chi connectivity index (χ3n) is 8.44. The Labute approximate surface area is 311 Å². The third-order valence-corrected chi connectivity index (χ3v) is 10.2. The van der Waals surface area contributed by atoms with Gasteiger partial charge < -0.3 is 14.4 Å². The highest BCUT2D eigenvalue weighted by molar-refractivity contribution is 7.96. The average molecular weight is 732 g/mol. The fraction of sp³-hybridized carbons (Fsp3) is 0.419. The quantitative estimate of drug-likeness (QED) is 0.0300. The van der Waals surface area contributed by atoms with Crippen LogP contribution in [0.3, 0.4) is 0 Å². The summed E-state index contributed by atoms with van der Waals surface area (Å²) in [5.74, 6) is -0.457. The zero-order valence-corrected chi connectivity index (χ0v) is 32.8. The Balaban J connectivity index is 0.000000369. The Hall–Kier alpha value is -4.50. The first-order valence-electron chi connectivity index (χ1n) is 18.2. The van der Waals surface area contributed by atoms with Crippen LogP contribution in [0.15, 0.2) is 107 Å². The summed E-state index contributed by atoms with van der Waals surface area (Å²) in [7, 11) is -2.38. The number of unbranched alkanes of at least 4 members (excludes halogenated alkanes) is 5. The molecule has 0 saturated heterocycles. The molecule has 0 aliphatic rings. The Morgan fingerprint density at radius 1 is 0.731 bits per heavy atom. The van der Waals surface area contributed by atoms with Crippen LogP contribution in [-0.4, -0.2) is 57.7 Å². The van der Waals surface area contributed by atoms with Gasteiger partial charge in [0.2, 0.25) is 9.84 Å². The van der Waals surface area contributed by atoms with E-state index in [1.165, 1.54) is 37.5 Å².